The van der Waals surface area contributed by atoms with Crippen molar-refractivity contribution in [2.24, 2.45) is 0 Å². The predicted octanol–water partition coefficient (Wildman–Crippen LogP) is 5.18. The van der Waals surface area contributed by atoms with Gasteiger partial charge in [-0.2, -0.15) is 0 Å². The number of hydrogen-bond donors (Lipinski definition) is 0. The first-order valence-electron chi connectivity index (χ1n) is 8.28. The molecular formula is C22H18N2O. The van der Waals surface area contributed by atoms with Crippen molar-refractivity contribution in [2.75, 3.05) is 0 Å². The van der Waals surface area contributed by atoms with E-state index >= 15 is 0 Å². The number of fused-ring (bicyclic) bond motifs is 1. The molecule has 0 bridgehead atoms. The van der Waals surface area contributed by atoms with Crippen LogP contribution in [0.25, 0.3) is 21.9 Å². The summed E-state index contributed by atoms with van der Waals surface area (Å²) in [5.74, 6) is 0.664. The lowest BCUT2D eigenvalue weighted by Crippen LogP contribution is -1.98. The highest BCUT2D eigenvalue weighted by Crippen LogP contribution is 2.33. The third kappa shape index (κ3) is 3.22. The normalized spacial score (nSPS) is 10.8. The number of hydrogen-bond acceptors (Lipinski definition) is 3. The van der Waals surface area contributed by atoms with Crippen molar-refractivity contribution in [1.82, 2.24) is 9.97 Å². The average molecular weight is 326 g/mol. The first kappa shape index (κ1) is 15.3. The van der Waals surface area contributed by atoms with E-state index in [2.05, 4.69) is 47.2 Å². The summed E-state index contributed by atoms with van der Waals surface area (Å²) < 4.78 is 6.01. The Morgan fingerprint density at radius 1 is 0.880 bits per heavy atom. The molecular weight excluding hydrogens is 308 g/mol. The first-order valence-corrected chi connectivity index (χ1v) is 8.28. The van der Waals surface area contributed by atoms with E-state index in [1.54, 1.807) is 12.4 Å². The molecule has 0 amide bonds. The number of rotatable bonds is 4. The fourth-order valence-electron chi connectivity index (χ4n) is 2.93. The number of benzene rings is 2. The van der Waals surface area contributed by atoms with E-state index in [0.717, 1.165) is 27.5 Å². The molecule has 0 spiro atoms. The average Bonchev–Trinajstić information content (AvgIpc) is 2.67. The molecule has 0 radical (unpaired) electrons. The van der Waals surface area contributed by atoms with Crippen molar-refractivity contribution in [3.05, 3.63) is 90.4 Å². The molecule has 0 N–H and O–H groups in total. The SMILES string of the molecule is Cc1ccc2c(OCc3ccccc3)ncc(-c3ccncc3)c2c1. The number of aryl methyl sites for hydroxylation is 1. The standard InChI is InChI=1S/C22H18N2O/c1-16-7-8-19-20(13-16)21(18-9-11-23-12-10-18)14-24-22(19)25-15-17-5-3-2-4-6-17/h2-14H,15H2,1H3. The second kappa shape index (κ2) is 6.73. The van der Waals surface area contributed by atoms with E-state index in [1.807, 2.05) is 36.5 Å². The van der Waals surface area contributed by atoms with Gasteiger partial charge in [0.1, 0.15) is 6.61 Å². The molecule has 0 fully saturated rings. The monoisotopic (exact) mass is 326 g/mol. The van der Waals surface area contributed by atoms with Crippen LogP contribution in [-0.2, 0) is 6.61 Å². The zero-order chi connectivity index (χ0) is 17.1. The molecule has 0 aliphatic rings. The van der Waals surface area contributed by atoms with Gasteiger partial charge in [-0.1, -0.05) is 48.0 Å². The van der Waals surface area contributed by atoms with Gasteiger partial charge in [0, 0.05) is 29.5 Å². The van der Waals surface area contributed by atoms with Crippen LogP contribution in [0, 0.1) is 6.92 Å². The maximum atomic E-state index is 6.01. The molecule has 0 aliphatic heterocycles. The van der Waals surface area contributed by atoms with E-state index in [4.69, 9.17) is 4.74 Å². The lowest BCUT2D eigenvalue weighted by atomic mass is 10.00. The van der Waals surface area contributed by atoms with Gasteiger partial charge in [-0.05, 0) is 41.6 Å². The molecule has 4 aromatic rings. The van der Waals surface area contributed by atoms with E-state index in [1.165, 1.54) is 5.56 Å². The zero-order valence-electron chi connectivity index (χ0n) is 14.0. The maximum Gasteiger partial charge on any atom is 0.221 e. The molecule has 0 saturated heterocycles. The van der Waals surface area contributed by atoms with Crippen LogP contribution in [0.15, 0.2) is 79.3 Å². The third-order valence-electron chi connectivity index (χ3n) is 4.22. The van der Waals surface area contributed by atoms with Gasteiger partial charge < -0.3 is 4.74 Å². The van der Waals surface area contributed by atoms with Crippen LogP contribution in [-0.4, -0.2) is 9.97 Å². The summed E-state index contributed by atoms with van der Waals surface area (Å²) in [5.41, 5.74) is 4.53. The summed E-state index contributed by atoms with van der Waals surface area (Å²) >= 11 is 0. The topological polar surface area (TPSA) is 35.0 Å². The lowest BCUT2D eigenvalue weighted by Gasteiger charge is -2.12. The Balaban J connectivity index is 1.77. The highest BCUT2D eigenvalue weighted by Gasteiger charge is 2.11. The van der Waals surface area contributed by atoms with Gasteiger partial charge in [0.05, 0.1) is 0 Å². The fraction of sp³-hybridized carbons (Fsp3) is 0.0909. The molecule has 2 aromatic heterocycles. The Hall–Kier alpha value is -3.20. The summed E-state index contributed by atoms with van der Waals surface area (Å²) in [6, 6.07) is 20.5. The maximum absolute atomic E-state index is 6.01. The molecule has 2 aromatic carbocycles. The van der Waals surface area contributed by atoms with Crippen LogP contribution in [0.5, 0.6) is 5.88 Å². The number of nitrogens with zero attached hydrogens (tertiary/aromatic N) is 2. The Kier molecular flexibility index (Phi) is 4.13. The molecule has 0 saturated carbocycles. The van der Waals surface area contributed by atoms with Gasteiger partial charge in [-0.15, -0.1) is 0 Å². The molecule has 2 heterocycles. The molecule has 122 valence electrons. The molecule has 0 aliphatic carbocycles. The second-order valence-corrected chi connectivity index (χ2v) is 6.04. The predicted molar refractivity (Wildman–Crippen MR) is 100 cm³/mol. The molecule has 0 atom stereocenters. The minimum atomic E-state index is 0.505. The Morgan fingerprint density at radius 2 is 1.68 bits per heavy atom. The molecule has 0 unspecified atom stereocenters. The van der Waals surface area contributed by atoms with Gasteiger partial charge in [0.15, 0.2) is 0 Å². The molecule has 4 rings (SSSR count). The third-order valence-corrected chi connectivity index (χ3v) is 4.22. The first-order chi connectivity index (χ1) is 12.3. The largest absolute Gasteiger partial charge is 0.472 e. The van der Waals surface area contributed by atoms with Gasteiger partial charge >= 0.3 is 0 Å². The van der Waals surface area contributed by atoms with Crippen molar-refractivity contribution < 1.29 is 4.74 Å². The minimum absolute atomic E-state index is 0.505. The Bertz CT molecular complexity index is 998. The van der Waals surface area contributed by atoms with Crippen LogP contribution < -0.4 is 4.74 Å². The molecule has 25 heavy (non-hydrogen) atoms. The summed E-state index contributed by atoms with van der Waals surface area (Å²) in [6.45, 7) is 2.60. The van der Waals surface area contributed by atoms with Gasteiger partial charge in [-0.3, -0.25) is 4.98 Å². The highest BCUT2D eigenvalue weighted by atomic mass is 16.5. The summed E-state index contributed by atoms with van der Waals surface area (Å²) in [5, 5.41) is 2.17. The Morgan fingerprint density at radius 3 is 2.48 bits per heavy atom. The van der Waals surface area contributed by atoms with Gasteiger partial charge in [0.2, 0.25) is 5.88 Å². The lowest BCUT2D eigenvalue weighted by molar-refractivity contribution is 0.298. The Labute approximate surface area is 147 Å². The fourth-order valence-corrected chi connectivity index (χ4v) is 2.93. The number of pyridine rings is 2. The van der Waals surface area contributed by atoms with Gasteiger partial charge in [0.25, 0.3) is 0 Å². The summed E-state index contributed by atoms with van der Waals surface area (Å²) in [7, 11) is 0. The van der Waals surface area contributed by atoms with Crippen LogP contribution in [0.1, 0.15) is 11.1 Å². The smallest absolute Gasteiger partial charge is 0.221 e. The van der Waals surface area contributed by atoms with E-state index in [-0.39, 0.29) is 0 Å². The van der Waals surface area contributed by atoms with Crippen molar-refractivity contribution >= 4 is 10.8 Å². The summed E-state index contributed by atoms with van der Waals surface area (Å²) in [6.07, 6.45) is 5.49. The van der Waals surface area contributed by atoms with Crippen LogP contribution >= 0.6 is 0 Å². The molecule has 3 nitrogen and oxygen atoms in total. The quantitative estimate of drug-likeness (QED) is 0.518. The van der Waals surface area contributed by atoms with Crippen LogP contribution in [0.4, 0.5) is 0 Å². The van der Waals surface area contributed by atoms with E-state index < -0.39 is 0 Å². The van der Waals surface area contributed by atoms with E-state index in [0.29, 0.717) is 12.5 Å². The van der Waals surface area contributed by atoms with Crippen molar-refractivity contribution in [3.8, 4) is 17.0 Å². The molecule has 3 heteroatoms. The van der Waals surface area contributed by atoms with Gasteiger partial charge in [-0.25, -0.2) is 4.98 Å². The second-order valence-electron chi connectivity index (χ2n) is 6.04. The van der Waals surface area contributed by atoms with Crippen LogP contribution in [0.2, 0.25) is 0 Å². The summed E-state index contributed by atoms with van der Waals surface area (Å²) in [4.78, 5) is 8.69. The van der Waals surface area contributed by atoms with Crippen LogP contribution in [0.3, 0.4) is 0 Å². The number of ether oxygens (including phenoxy) is 1. The minimum Gasteiger partial charge on any atom is -0.472 e. The van der Waals surface area contributed by atoms with Crippen molar-refractivity contribution in [3.63, 3.8) is 0 Å². The highest BCUT2D eigenvalue weighted by molar-refractivity contribution is 5.99. The van der Waals surface area contributed by atoms with E-state index in [9.17, 15) is 0 Å². The van der Waals surface area contributed by atoms with Crippen molar-refractivity contribution in [1.29, 1.82) is 0 Å². The zero-order valence-corrected chi connectivity index (χ0v) is 14.0. The van der Waals surface area contributed by atoms with Crippen molar-refractivity contribution in [2.45, 2.75) is 13.5 Å². The number of aromatic nitrogens is 2.